The number of imidazole rings is 1. The number of hydrogen-bond acceptors (Lipinski definition) is 9. The number of halogens is 1. The van der Waals surface area contributed by atoms with Crippen LogP contribution in [0.3, 0.4) is 0 Å². The first-order valence-electron chi connectivity index (χ1n) is 13.4. The number of hydrogen-bond donors (Lipinski definition) is 2. The molecule has 6 rings (SSSR count). The molecule has 4 aromatic rings. The van der Waals surface area contributed by atoms with Crippen LogP contribution in [-0.2, 0) is 24.2 Å². The Labute approximate surface area is 236 Å². The summed E-state index contributed by atoms with van der Waals surface area (Å²) in [5.74, 6) is 2.24. The first-order chi connectivity index (χ1) is 19.5. The highest BCUT2D eigenvalue weighted by atomic mass is 35.5. The van der Waals surface area contributed by atoms with Gasteiger partial charge < -0.3 is 25.0 Å². The monoisotopic (exact) mass is 562 g/mol. The van der Waals surface area contributed by atoms with E-state index in [1.54, 1.807) is 18.5 Å². The molecular formula is C28H31ClN8O3. The molecule has 1 aromatic carbocycles. The lowest BCUT2D eigenvalue weighted by Gasteiger charge is -2.32. The molecule has 0 amide bonds. The molecule has 2 saturated heterocycles. The summed E-state index contributed by atoms with van der Waals surface area (Å²) in [6.07, 6.45) is 7.17. The van der Waals surface area contributed by atoms with Crippen LogP contribution in [0.4, 0.5) is 0 Å². The van der Waals surface area contributed by atoms with Crippen molar-refractivity contribution in [3.63, 3.8) is 0 Å². The number of aromatic nitrogens is 5. The van der Waals surface area contributed by atoms with Crippen LogP contribution >= 0.6 is 11.6 Å². The van der Waals surface area contributed by atoms with Gasteiger partial charge in [0.25, 0.3) is 0 Å². The van der Waals surface area contributed by atoms with Gasteiger partial charge in [0.05, 0.1) is 36.4 Å². The molecule has 0 radical (unpaired) electrons. The van der Waals surface area contributed by atoms with Crippen LogP contribution in [0, 0.1) is 0 Å². The first-order valence-corrected chi connectivity index (χ1v) is 13.8. The number of ether oxygens (including phenoxy) is 2. The fourth-order valence-corrected chi connectivity index (χ4v) is 5.22. The zero-order valence-corrected chi connectivity index (χ0v) is 22.7. The van der Waals surface area contributed by atoms with Gasteiger partial charge in [0.15, 0.2) is 5.84 Å². The van der Waals surface area contributed by atoms with Crippen LogP contribution in [0.25, 0.3) is 11.0 Å². The Hall–Kier alpha value is -3.80. The Morgan fingerprint density at radius 1 is 1.12 bits per heavy atom. The fraction of sp³-hybridized carbons (Fsp3) is 0.393. The Bertz CT molecular complexity index is 1500. The predicted octanol–water partition coefficient (Wildman–Crippen LogP) is 3.39. The standard InChI is InChI=1S/C28H31ClN8O3/c29-19-3-1-18(2-4-19)13-25-31-9-5-27(34-25)40-20-6-10-36(11-7-20)17-26-33-22-14-23(28(30)35-38)32-15-24(22)37(26)16-21-8-12-39-21/h1-5,9,14-15,20-21,38H,6-8,10-13,16-17H2,(H2,30,35)/t21-/m0/s1. The number of likely N-dealkylation sites (tertiary alicyclic amines) is 1. The summed E-state index contributed by atoms with van der Waals surface area (Å²) in [7, 11) is 0. The Kier molecular flexibility index (Phi) is 7.76. The number of nitrogens with zero attached hydrogens (tertiary/aromatic N) is 7. The smallest absolute Gasteiger partial charge is 0.216 e. The molecule has 3 aromatic heterocycles. The number of piperidine rings is 1. The van der Waals surface area contributed by atoms with Crippen molar-refractivity contribution in [3.8, 4) is 5.88 Å². The van der Waals surface area contributed by atoms with Gasteiger partial charge in [0, 0.05) is 43.4 Å². The molecule has 12 heteroatoms. The van der Waals surface area contributed by atoms with Crippen molar-refractivity contribution in [2.45, 2.75) is 51.0 Å². The largest absolute Gasteiger partial charge is 0.474 e. The van der Waals surface area contributed by atoms with Gasteiger partial charge in [-0.3, -0.25) is 9.88 Å². The fourth-order valence-electron chi connectivity index (χ4n) is 5.09. The minimum Gasteiger partial charge on any atom is -0.474 e. The van der Waals surface area contributed by atoms with Crippen molar-refractivity contribution in [3.05, 3.63) is 76.7 Å². The number of rotatable bonds is 9. The molecular weight excluding hydrogens is 532 g/mol. The molecule has 1 atom stereocenters. The molecule has 3 N–H and O–H groups in total. The van der Waals surface area contributed by atoms with Gasteiger partial charge in [-0.25, -0.2) is 9.97 Å². The zero-order chi connectivity index (χ0) is 27.5. The molecule has 0 saturated carbocycles. The summed E-state index contributed by atoms with van der Waals surface area (Å²) in [4.78, 5) is 20.7. The summed E-state index contributed by atoms with van der Waals surface area (Å²) in [6, 6.07) is 11.3. The third kappa shape index (κ3) is 6.01. The van der Waals surface area contributed by atoms with Crippen molar-refractivity contribution in [2.24, 2.45) is 10.9 Å². The highest BCUT2D eigenvalue weighted by Crippen LogP contribution is 2.24. The second-order valence-electron chi connectivity index (χ2n) is 10.2. The third-order valence-corrected chi connectivity index (χ3v) is 7.66. The molecule has 0 aliphatic carbocycles. The van der Waals surface area contributed by atoms with E-state index >= 15 is 0 Å². The normalized spacial score (nSPS) is 18.6. The zero-order valence-electron chi connectivity index (χ0n) is 22.0. The number of fused-ring (bicyclic) bond motifs is 1. The van der Waals surface area contributed by atoms with Crippen molar-refractivity contribution in [1.82, 2.24) is 29.4 Å². The van der Waals surface area contributed by atoms with Crippen LogP contribution in [-0.4, -0.2) is 72.4 Å². The van der Waals surface area contributed by atoms with E-state index in [-0.39, 0.29) is 18.0 Å². The Balaban J connectivity index is 1.09. The van der Waals surface area contributed by atoms with Crippen molar-refractivity contribution in [1.29, 1.82) is 0 Å². The third-order valence-electron chi connectivity index (χ3n) is 7.41. The van der Waals surface area contributed by atoms with Crippen LogP contribution in [0.1, 0.15) is 42.2 Å². The summed E-state index contributed by atoms with van der Waals surface area (Å²) in [5, 5.41) is 12.8. The van der Waals surface area contributed by atoms with Crippen molar-refractivity contribution < 1.29 is 14.7 Å². The average molecular weight is 563 g/mol. The Morgan fingerprint density at radius 2 is 1.93 bits per heavy atom. The highest BCUT2D eigenvalue weighted by Gasteiger charge is 2.26. The maximum atomic E-state index is 9.04. The number of amidine groups is 1. The van der Waals surface area contributed by atoms with Gasteiger partial charge in [0.1, 0.15) is 23.4 Å². The van der Waals surface area contributed by atoms with E-state index in [1.807, 2.05) is 30.3 Å². The van der Waals surface area contributed by atoms with E-state index in [1.165, 1.54) is 0 Å². The van der Waals surface area contributed by atoms with Crippen LogP contribution in [0.5, 0.6) is 5.88 Å². The lowest BCUT2D eigenvalue weighted by atomic mass is 10.1. The van der Waals surface area contributed by atoms with E-state index in [4.69, 9.17) is 37.0 Å². The maximum absolute atomic E-state index is 9.04. The molecule has 11 nitrogen and oxygen atoms in total. The molecule has 0 unspecified atom stereocenters. The van der Waals surface area contributed by atoms with Gasteiger partial charge in [-0.2, -0.15) is 4.98 Å². The molecule has 2 fully saturated rings. The summed E-state index contributed by atoms with van der Waals surface area (Å²) in [6.45, 7) is 3.98. The average Bonchev–Trinajstić information content (AvgIpc) is 3.28. The van der Waals surface area contributed by atoms with Gasteiger partial charge in [-0.1, -0.05) is 28.9 Å². The maximum Gasteiger partial charge on any atom is 0.216 e. The van der Waals surface area contributed by atoms with E-state index < -0.39 is 0 Å². The Morgan fingerprint density at radius 3 is 2.65 bits per heavy atom. The van der Waals surface area contributed by atoms with Crippen molar-refractivity contribution in [2.75, 3.05) is 19.7 Å². The SMILES string of the molecule is N/C(=N\O)c1cc2nc(CN3CCC(Oc4ccnc(Cc5ccc(Cl)cc5)n4)CC3)n(C[C@@H]3CCO3)c2cn1. The lowest BCUT2D eigenvalue weighted by molar-refractivity contribution is -0.0592. The lowest BCUT2D eigenvalue weighted by Crippen LogP contribution is -2.39. The predicted molar refractivity (Wildman–Crippen MR) is 150 cm³/mol. The second kappa shape index (κ2) is 11.7. The quantitative estimate of drug-likeness (QED) is 0.136. The minimum absolute atomic E-state index is 0.0387. The summed E-state index contributed by atoms with van der Waals surface area (Å²) >= 11 is 6.00. The van der Waals surface area contributed by atoms with Crippen LogP contribution in [0.15, 0.2) is 53.9 Å². The van der Waals surface area contributed by atoms with E-state index in [0.29, 0.717) is 29.6 Å². The number of nitrogens with two attached hydrogens (primary N) is 1. The number of pyridine rings is 1. The molecule has 40 heavy (non-hydrogen) atoms. The topological polar surface area (TPSA) is 137 Å². The summed E-state index contributed by atoms with van der Waals surface area (Å²) in [5.41, 5.74) is 8.93. The van der Waals surface area contributed by atoms with E-state index in [2.05, 4.69) is 29.6 Å². The summed E-state index contributed by atoms with van der Waals surface area (Å²) < 4.78 is 14.2. The van der Waals surface area contributed by atoms with E-state index in [9.17, 15) is 0 Å². The minimum atomic E-state index is -0.0387. The van der Waals surface area contributed by atoms with Gasteiger partial charge in [-0.15, -0.1) is 0 Å². The molecule has 208 valence electrons. The van der Waals surface area contributed by atoms with Crippen LogP contribution < -0.4 is 10.5 Å². The molecule has 2 aliphatic rings. The molecule has 5 heterocycles. The van der Waals surface area contributed by atoms with E-state index in [0.717, 1.165) is 73.7 Å². The second-order valence-corrected chi connectivity index (χ2v) is 10.6. The molecule has 0 bridgehead atoms. The van der Waals surface area contributed by atoms with Gasteiger partial charge in [-0.05, 0) is 43.0 Å². The number of oxime groups is 1. The van der Waals surface area contributed by atoms with Crippen LogP contribution in [0.2, 0.25) is 5.02 Å². The first kappa shape index (κ1) is 26.4. The van der Waals surface area contributed by atoms with Gasteiger partial charge in [0.2, 0.25) is 5.88 Å². The van der Waals surface area contributed by atoms with Crippen molar-refractivity contribution >= 4 is 28.5 Å². The van der Waals surface area contributed by atoms with Gasteiger partial charge >= 0.3 is 0 Å². The number of benzene rings is 1. The molecule has 2 aliphatic heterocycles. The highest BCUT2D eigenvalue weighted by molar-refractivity contribution is 6.30. The molecule has 0 spiro atoms.